The maximum absolute atomic E-state index is 13.1. The van der Waals surface area contributed by atoms with Gasteiger partial charge >= 0.3 is 0 Å². The van der Waals surface area contributed by atoms with E-state index in [1.807, 2.05) is 30.0 Å². The number of nitrogens with two attached hydrogens (primary N) is 1. The van der Waals surface area contributed by atoms with Crippen LogP contribution in [0.5, 0.6) is 5.75 Å². The largest absolute Gasteiger partial charge is 0.496 e. The number of amides is 2. The second kappa shape index (κ2) is 7.66. The molecule has 0 saturated carbocycles. The highest BCUT2D eigenvalue weighted by Crippen LogP contribution is 2.33. The molecule has 2 aliphatic rings. The van der Waals surface area contributed by atoms with E-state index in [-0.39, 0.29) is 11.8 Å². The summed E-state index contributed by atoms with van der Waals surface area (Å²) in [6.07, 6.45) is 4.63. The number of piperidine rings is 2. The van der Waals surface area contributed by atoms with Gasteiger partial charge < -0.3 is 15.4 Å². The van der Waals surface area contributed by atoms with Gasteiger partial charge in [0.2, 0.25) is 5.91 Å². The second-order valence-corrected chi connectivity index (χ2v) is 7.39. The maximum Gasteiger partial charge on any atom is 0.257 e. The lowest BCUT2D eigenvalue weighted by molar-refractivity contribution is -0.134. The van der Waals surface area contributed by atoms with Crippen LogP contribution in [0.1, 0.15) is 48.0 Å². The summed E-state index contributed by atoms with van der Waals surface area (Å²) in [5.41, 5.74) is 6.74. The molecule has 3 rings (SSSR count). The van der Waals surface area contributed by atoms with Crippen LogP contribution >= 0.6 is 0 Å². The maximum atomic E-state index is 13.1. The molecule has 2 fully saturated rings. The fourth-order valence-electron chi connectivity index (χ4n) is 4.36. The highest BCUT2D eigenvalue weighted by Gasteiger charge is 2.46. The van der Waals surface area contributed by atoms with Gasteiger partial charge in [0.25, 0.3) is 5.91 Å². The molecule has 2 N–H and O–H groups in total. The molecule has 0 aliphatic carbocycles. The molecule has 0 aromatic heterocycles. The second-order valence-electron chi connectivity index (χ2n) is 7.39. The van der Waals surface area contributed by atoms with Crippen LogP contribution in [0.15, 0.2) is 18.2 Å². The molecule has 2 aliphatic heterocycles. The van der Waals surface area contributed by atoms with E-state index in [0.29, 0.717) is 37.2 Å². The van der Waals surface area contributed by atoms with E-state index in [9.17, 15) is 9.59 Å². The minimum absolute atomic E-state index is 0.0309. The fraction of sp³-hybridized carbons (Fsp3) is 0.600. The Balaban J connectivity index is 1.77. The van der Waals surface area contributed by atoms with Crippen LogP contribution in [0, 0.1) is 6.92 Å². The van der Waals surface area contributed by atoms with E-state index in [1.54, 1.807) is 7.11 Å². The van der Waals surface area contributed by atoms with Crippen molar-refractivity contribution in [1.82, 2.24) is 9.80 Å². The third-order valence-corrected chi connectivity index (χ3v) is 5.97. The predicted molar refractivity (Wildman–Crippen MR) is 100 cm³/mol. The van der Waals surface area contributed by atoms with Crippen LogP contribution in [-0.4, -0.2) is 60.4 Å². The number of methoxy groups -OCH3 is 1. The summed E-state index contributed by atoms with van der Waals surface area (Å²) in [5, 5.41) is 0. The SMILES string of the molecule is COc1cccc(C)c1C(=O)N1CCC(C(N)=O)(N2CCCCC2)CC1. The van der Waals surface area contributed by atoms with E-state index >= 15 is 0 Å². The molecule has 0 atom stereocenters. The summed E-state index contributed by atoms with van der Waals surface area (Å²) in [6, 6.07) is 5.61. The van der Waals surface area contributed by atoms with E-state index in [1.165, 1.54) is 6.42 Å². The monoisotopic (exact) mass is 359 g/mol. The minimum atomic E-state index is -0.604. The lowest BCUT2D eigenvalue weighted by Gasteiger charge is -2.48. The van der Waals surface area contributed by atoms with Gasteiger partial charge in [-0.1, -0.05) is 18.6 Å². The molecule has 0 spiro atoms. The average molecular weight is 359 g/mol. The van der Waals surface area contributed by atoms with Crippen molar-refractivity contribution in [2.75, 3.05) is 33.3 Å². The minimum Gasteiger partial charge on any atom is -0.496 e. The van der Waals surface area contributed by atoms with Crippen molar-refractivity contribution >= 4 is 11.8 Å². The lowest BCUT2D eigenvalue weighted by atomic mass is 9.83. The smallest absolute Gasteiger partial charge is 0.257 e. The Morgan fingerprint density at radius 3 is 2.31 bits per heavy atom. The fourth-order valence-corrected chi connectivity index (χ4v) is 4.36. The Hall–Kier alpha value is -2.08. The Labute approximate surface area is 155 Å². The Morgan fingerprint density at radius 1 is 1.08 bits per heavy atom. The summed E-state index contributed by atoms with van der Waals surface area (Å²) >= 11 is 0. The first-order valence-corrected chi connectivity index (χ1v) is 9.47. The summed E-state index contributed by atoms with van der Waals surface area (Å²) in [5.74, 6) is 0.314. The van der Waals surface area contributed by atoms with Crippen molar-refractivity contribution in [3.8, 4) is 5.75 Å². The number of benzene rings is 1. The number of carbonyl (C=O) groups excluding carboxylic acids is 2. The third kappa shape index (κ3) is 3.30. The normalized spacial score (nSPS) is 20.6. The number of rotatable bonds is 4. The number of hydrogen-bond donors (Lipinski definition) is 1. The molecule has 6 nitrogen and oxygen atoms in total. The van der Waals surface area contributed by atoms with Crippen molar-refractivity contribution in [2.24, 2.45) is 5.73 Å². The third-order valence-electron chi connectivity index (χ3n) is 5.97. The van der Waals surface area contributed by atoms with Gasteiger partial charge in [0.1, 0.15) is 11.3 Å². The van der Waals surface area contributed by atoms with Gasteiger partial charge in [0.05, 0.1) is 12.7 Å². The Bertz CT molecular complexity index is 675. The molecular weight excluding hydrogens is 330 g/mol. The standard InChI is InChI=1S/C20H29N3O3/c1-15-7-6-8-16(26-2)17(15)18(24)22-13-9-20(10-14-22,19(21)25)23-11-4-3-5-12-23/h6-8H,3-5,9-14H2,1-2H3,(H2,21,25). The Morgan fingerprint density at radius 2 is 1.73 bits per heavy atom. The molecule has 1 aromatic rings. The zero-order valence-corrected chi connectivity index (χ0v) is 15.8. The first-order chi connectivity index (χ1) is 12.5. The first-order valence-electron chi connectivity index (χ1n) is 9.47. The van der Waals surface area contributed by atoms with Crippen LogP contribution in [0.4, 0.5) is 0 Å². The van der Waals surface area contributed by atoms with Crippen molar-refractivity contribution in [3.05, 3.63) is 29.3 Å². The zero-order chi connectivity index (χ0) is 18.7. The molecule has 2 amide bonds. The first kappa shape index (κ1) is 18.7. The van der Waals surface area contributed by atoms with Crippen LogP contribution in [0.2, 0.25) is 0 Å². The predicted octanol–water partition coefficient (Wildman–Crippen LogP) is 1.95. The lowest BCUT2D eigenvalue weighted by Crippen LogP contribution is -2.63. The Kier molecular flexibility index (Phi) is 5.51. The number of likely N-dealkylation sites (tertiary alicyclic amines) is 2. The van der Waals surface area contributed by atoms with Gasteiger partial charge in [0.15, 0.2) is 0 Å². The highest BCUT2D eigenvalue weighted by atomic mass is 16.5. The molecule has 142 valence electrons. The average Bonchev–Trinajstić information content (AvgIpc) is 2.67. The van der Waals surface area contributed by atoms with Crippen LogP contribution in [-0.2, 0) is 4.79 Å². The number of aryl methyl sites for hydroxylation is 1. The van der Waals surface area contributed by atoms with Gasteiger partial charge in [-0.25, -0.2) is 0 Å². The summed E-state index contributed by atoms with van der Waals surface area (Å²) in [6.45, 7) is 4.83. The highest BCUT2D eigenvalue weighted by molar-refractivity contribution is 5.98. The summed E-state index contributed by atoms with van der Waals surface area (Å²) < 4.78 is 5.38. The zero-order valence-electron chi connectivity index (χ0n) is 15.8. The number of ether oxygens (including phenoxy) is 1. The van der Waals surface area contributed by atoms with Gasteiger partial charge in [-0.05, 0) is 57.3 Å². The molecule has 6 heteroatoms. The van der Waals surface area contributed by atoms with Crippen LogP contribution < -0.4 is 10.5 Å². The molecule has 2 heterocycles. The molecular formula is C20H29N3O3. The summed E-state index contributed by atoms with van der Waals surface area (Å²) in [4.78, 5) is 29.5. The van der Waals surface area contributed by atoms with Gasteiger partial charge in [-0.15, -0.1) is 0 Å². The molecule has 0 unspecified atom stereocenters. The van der Waals surface area contributed by atoms with E-state index < -0.39 is 5.54 Å². The van der Waals surface area contributed by atoms with Gasteiger partial charge in [-0.3, -0.25) is 14.5 Å². The van der Waals surface area contributed by atoms with E-state index in [4.69, 9.17) is 10.5 Å². The molecule has 26 heavy (non-hydrogen) atoms. The topological polar surface area (TPSA) is 75.9 Å². The number of carbonyl (C=O) groups is 2. The molecule has 1 aromatic carbocycles. The van der Waals surface area contributed by atoms with Crippen molar-refractivity contribution in [3.63, 3.8) is 0 Å². The van der Waals surface area contributed by atoms with Crippen LogP contribution in [0.3, 0.4) is 0 Å². The summed E-state index contributed by atoms with van der Waals surface area (Å²) in [7, 11) is 1.58. The number of hydrogen-bond acceptors (Lipinski definition) is 4. The molecule has 0 bridgehead atoms. The number of nitrogens with zero attached hydrogens (tertiary/aromatic N) is 2. The van der Waals surface area contributed by atoms with Gasteiger partial charge in [-0.2, -0.15) is 0 Å². The van der Waals surface area contributed by atoms with E-state index in [0.717, 1.165) is 31.5 Å². The van der Waals surface area contributed by atoms with Gasteiger partial charge in [0, 0.05) is 13.1 Å². The van der Waals surface area contributed by atoms with Crippen molar-refractivity contribution < 1.29 is 14.3 Å². The molecule has 0 radical (unpaired) electrons. The van der Waals surface area contributed by atoms with Crippen molar-refractivity contribution in [1.29, 1.82) is 0 Å². The van der Waals surface area contributed by atoms with E-state index in [2.05, 4.69) is 4.90 Å². The van der Waals surface area contributed by atoms with Crippen molar-refractivity contribution in [2.45, 2.75) is 44.6 Å². The molecule has 2 saturated heterocycles. The number of primary amides is 1. The van der Waals surface area contributed by atoms with Crippen LogP contribution in [0.25, 0.3) is 0 Å². The quantitative estimate of drug-likeness (QED) is 0.891.